The standard InChI is InChI=1S/C16H18N2O2S/c1-3-7-13(12-8-5-4-6-9-12)15(20)18-16-17-14(10-21-16)11(2)19/h4-6,8-10,13H,3,7H2,1-2H3,(H,17,18,20). The van der Waals surface area contributed by atoms with Crippen LogP contribution in [0.3, 0.4) is 0 Å². The van der Waals surface area contributed by atoms with Crippen molar-refractivity contribution in [1.29, 1.82) is 0 Å². The quantitative estimate of drug-likeness (QED) is 0.824. The molecule has 4 nitrogen and oxygen atoms in total. The fourth-order valence-electron chi connectivity index (χ4n) is 2.11. The second-order valence-corrected chi connectivity index (χ2v) is 5.69. The SMILES string of the molecule is CCCC(C(=O)Nc1nc(C(C)=O)cs1)c1ccccc1. The van der Waals surface area contributed by atoms with Gasteiger partial charge in [-0.1, -0.05) is 43.7 Å². The number of anilines is 1. The van der Waals surface area contributed by atoms with Crippen LogP contribution < -0.4 is 5.32 Å². The van der Waals surface area contributed by atoms with Gasteiger partial charge in [-0.25, -0.2) is 4.98 Å². The molecule has 0 radical (unpaired) electrons. The summed E-state index contributed by atoms with van der Waals surface area (Å²) in [6.45, 7) is 3.52. The first-order chi connectivity index (χ1) is 10.1. The van der Waals surface area contributed by atoms with Gasteiger partial charge in [0.15, 0.2) is 10.9 Å². The number of ketones is 1. The maximum absolute atomic E-state index is 12.5. The molecular formula is C16H18N2O2S. The Labute approximate surface area is 128 Å². The fourth-order valence-corrected chi connectivity index (χ4v) is 2.86. The van der Waals surface area contributed by atoms with Crippen molar-refractivity contribution < 1.29 is 9.59 Å². The highest BCUT2D eigenvalue weighted by atomic mass is 32.1. The molecule has 1 aromatic carbocycles. The van der Waals surface area contributed by atoms with Gasteiger partial charge >= 0.3 is 0 Å². The first kappa shape index (κ1) is 15.4. The number of aromatic nitrogens is 1. The molecule has 1 amide bonds. The molecule has 1 atom stereocenters. The number of hydrogen-bond donors (Lipinski definition) is 1. The lowest BCUT2D eigenvalue weighted by molar-refractivity contribution is -0.117. The topological polar surface area (TPSA) is 59.1 Å². The Balaban J connectivity index is 2.13. The zero-order valence-corrected chi connectivity index (χ0v) is 12.9. The predicted octanol–water partition coefficient (Wildman–Crippen LogP) is 3.87. The van der Waals surface area contributed by atoms with Crippen LogP contribution in [0.15, 0.2) is 35.7 Å². The van der Waals surface area contributed by atoms with Crippen molar-refractivity contribution in [3.05, 3.63) is 47.0 Å². The van der Waals surface area contributed by atoms with Crippen molar-refractivity contribution in [1.82, 2.24) is 4.98 Å². The van der Waals surface area contributed by atoms with Gasteiger partial charge in [0.05, 0.1) is 5.92 Å². The molecule has 2 rings (SSSR count). The molecule has 0 saturated heterocycles. The Bertz CT molecular complexity index is 622. The zero-order chi connectivity index (χ0) is 15.2. The molecule has 0 spiro atoms. The highest BCUT2D eigenvalue weighted by molar-refractivity contribution is 7.14. The lowest BCUT2D eigenvalue weighted by atomic mass is 9.94. The van der Waals surface area contributed by atoms with E-state index in [1.54, 1.807) is 5.38 Å². The van der Waals surface area contributed by atoms with Gasteiger partial charge in [0.1, 0.15) is 5.69 Å². The van der Waals surface area contributed by atoms with E-state index in [0.717, 1.165) is 18.4 Å². The molecule has 0 aliphatic heterocycles. The molecule has 1 heterocycles. The second-order valence-electron chi connectivity index (χ2n) is 4.84. The highest BCUT2D eigenvalue weighted by Gasteiger charge is 2.20. The van der Waals surface area contributed by atoms with Crippen molar-refractivity contribution in [2.45, 2.75) is 32.6 Å². The molecule has 0 aliphatic carbocycles. The normalized spacial score (nSPS) is 11.9. The van der Waals surface area contributed by atoms with Crippen molar-refractivity contribution in [2.75, 3.05) is 5.32 Å². The van der Waals surface area contributed by atoms with Crippen LogP contribution in [0.1, 0.15) is 48.7 Å². The Morgan fingerprint density at radius 3 is 2.57 bits per heavy atom. The molecule has 1 N–H and O–H groups in total. The highest BCUT2D eigenvalue weighted by Crippen LogP contribution is 2.24. The van der Waals surface area contributed by atoms with E-state index in [1.165, 1.54) is 18.3 Å². The van der Waals surface area contributed by atoms with Crippen LogP contribution in [0.4, 0.5) is 5.13 Å². The summed E-state index contributed by atoms with van der Waals surface area (Å²) in [7, 11) is 0. The molecule has 21 heavy (non-hydrogen) atoms. The zero-order valence-electron chi connectivity index (χ0n) is 12.1. The summed E-state index contributed by atoms with van der Waals surface area (Å²) in [5.74, 6) is -0.367. The summed E-state index contributed by atoms with van der Waals surface area (Å²) in [5.41, 5.74) is 1.39. The third-order valence-electron chi connectivity index (χ3n) is 3.19. The average molecular weight is 302 g/mol. The van der Waals surface area contributed by atoms with Crippen LogP contribution in [0.2, 0.25) is 0 Å². The van der Waals surface area contributed by atoms with Crippen molar-refractivity contribution in [3.8, 4) is 0 Å². The van der Waals surface area contributed by atoms with E-state index in [2.05, 4.69) is 17.2 Å². The molecule has 1 aromatic heterocycles. The first-order valence-electron chi connectivity index (χ1n) is 6.94. The third-order valence-corrected chi connectivity index (χ3v) is 3.95. The molecular weight excluding hydrogens is 284 g/mol. The van der Waals surface area contributed by atoms with Crippen LogP contribution in [-0.2, 0) is 4.79 Å². The lowest BCUT2D eigenvalue weighted by Gasteiger charge is -2.15. The van der Waals surface area contributed by atoms with Crippen LogP contribution in [0.5, 0.6) is 0 Å². The summed E-state index contributed by atoms with van der Waals surface area (Å²) < 4.78 is 0. The maximum atomic E-state index is 12.5. The molecule has 1 unspecified atom stereocenters. The van der Waals surface area contributed by atoms with Crippen LogP contribution in [-0.4, -0.2) is 16.7 Å². The number of carbonyl (C=O) groups is 2. The summed E-state index contributed by atoms with van der Waals surface area (Å²) in [4.78, 5) is 27.8. The number of nitrogens with zero attached hydrogens (tertiary/aromatic N) is 1. The van der Waals surface area contributed by atoms with E-state index in [1.807, 2.05) is 30.3 Å². The largest absolute Gasteiger partial charge is 0.301 e. The molecule has 5 heteroatoms. The van der Waals surface area contributed by atoms with Gasteiger partial charge in [-0.05, 0) is 12.0 Å². The summed E-state index contributed by atoms with van der Waals surface area (Å²) >= 11 is 1.27. The number of thiazole rings is 1. The summed E-state index contributed by atoms with van der Waals surface area (Å²) in [6.07, 6.45) is 1.70. The van der Waals surface area contributed by atoms with Gasteiger partial charge in [-0.2, -0.15) is 0 Å². The number of carbonyl (C=O) groups excluding carboxylic acids is 2. The number of Topliss-reactive ketones (excluding diaryl/α,β-unsaturated/α-hetero) is 1. The van der Waals surface area contributed by atoms with E-state index < -0.39 is 0 Å². The maximum Gasteiger partial charge on any atom is 0.233 e. The Hall–Kier alpha value is -2.01. The van der Waals surface area contributed by atoms with E-state index in [9.17, 15) is 9.59 Å². The summed E-state index contributed by atoms with van der Waals surface area (Å²) in [5, 5.41) is 4.95. The Kier molecular flexibility index (Phi) is 5.22. The monoisotopic (exact) mass is 302 g/mol. The molecule has 110 valence electrons. The second kappa shape index (κ2) is 7.13. The van der Waals surface area contributed by atoms with Gasteiger partial charge < -0.3 is 5.32 Å². The van der Waals surface area contributed by atoms with Crippen LogP contribution >= 0.6 is 11.3 Å². The van der Waals surface area contributed by atoms with Gasteiger partial charge in [0.25, 0.3) is 0 Å². The van der Waals surface area contributed by atoms with Crippen LogP contribution in [0.25, 0.3) is 0 Å². The minimum absolute atomic E-state index is 0.0764. The smallest absolute Gasteiger partial charge is 0.233 e. The molecule has 0 bridgehead atoms. The molecule has 0 aliphatic rings. The minimum atomic E-state index is -0.194. The van der Waals surface area contributed by atoms with Gasteiger partial charge in [0, 0.05) is 12.3 Å². The number of amides is 1. The van der Waals surface area contributed by atoms with Gasteiger partial charge in [-0.3, -0.25) is 9.59 Å². The van der Waals surface area contributed by atoms with Gasteiger partial charge in [0.2, 0.25) is 5.91 Å². The van der Waals surface area contributed by atoms with E-state index in [0.29, 0.717) is 10.8 Å². The number of hydrogen-bond acceptors (Lipinski definition) is 4. The number of nitrogens with one attached hydrogen (secondary N) is 1. The lowest BCUT2D eigenvalue weighted by Crippen LogP contribution is -2.21. The first-order valence-corrected chi connectivity index (χ1v) is 7.82. The molecule has 0 fully saturated rings. The van der Waals surface area contributed by atoms with E-state index in [-0.39, 0.29) is 17.6 Å². The fraction of sp³-hybridized carbons (Fsp3) is 0.312. The number of rotatable bonds is 6. The minimum Gasteiger partial charge on any atom is -0.301 e. The molecule has 2 aromatic rings. The van der Waals surface area contributed by atoms with Gasteiger partial charge in [-0.15, -0.1) is 11.3 Å². The van der Waals surface area contributed by atoms with Crippen molar-refractivity contribution >= 4 is 28.2 Å². The Morgan fingerprint density at radius 1 is 1.29 bits per heavy atom. The molecule has 0 saturated carbocycles. The third kappa shape index (κ3) is 3.98. The number of benzene rings is 1. The van der Waals surface area contributed by atoms with Crippen molar-refractivity contribution in [3.63, 3.8) is 0 Å². The van der Waals surface area contributed by atoms with Crippen molar-refractivity contribution in [2.24, 2.45) is 0 Å². The average Bonchev–Trinajstić information content (AvgIpc) is 2.94. The van der Waals surface area contributed by atoms with E-state index >= 15 is 0 Å². The predicted molar refractivity (Wildman–Crippen MR) is 84.8 cm³/mol. The Morgan fingerprint density at radius 2 is 2.00 bits per heavy atom. The van der Waals surface area contributed by atoms with Crippen LogP contribution in [0, 0.1) is 0 Å². The summed E-state index contributed by atoms with van der Waals surface area (Å²) in [6, 6.07) is 9.72. The van der Waals surface area contributed by atoms with E-state index in [4.69, 9.17) is 0 Å².